The van der Waals surface area contributed by atoms with Gasteiger partial charge in [0.25, 0.3) is 5.91 Å². The number of carbonyl (C=O) groups excluding carboxylic acids is 2. The van der Waals surface area contributed by atoms with E-state index in [0.29, 0.717) is 28.7 Å². The van der Waals surface area contributed by atoms with Gasteiger partial charge >= 0.3 is 5.97 Å². The minimum absolute atomic E-state index is 0.142. The monoisotopic (exact) mass is 458 g/mol. The fourth-order valence-corrected chi connectivity index (χ4v) is 3.79. The highest BCUT2D eigenvalue weighted by molar-refractivity contribution is 7.15. The molecule has 0 atom stereocenters. The fraction of sp³-hybridized carbons (Fsp3) is 0.238. The lowest BCUT2D eigenvalue weighted by Crippen LogP contribution is -2.35. The van der Waals surface area contributed by atoms with Crippen LogP contribution < -0.4 is 9.64 Å². The van der Waals surface area contributed by atoms with Crippen LogP contribution in [0.25, 0.3) is 11.0 Å². The molecule has 0 aliphatic heterocycles. The smallest absolute Gasteiger partial charge is 0.331 e. The Hall–Kier alpha value is -3.35. The summed E-state index contributed by atoms with van der Waals surface area (Å²) < 4.78 is 12.2. The van der Waals surface area contributed by atoms with Crippen LogP contribution in [-0.4, -0.2) is 41.0 Å². The van der Waals surface area contributed by atoms with Gasteiger partial charge < -0.3 is 14.4 Å². The number of amides is 1. The summed E-state index contributed by atoms with van der Waals surface area (Å²) in [5, 5.41) is 11.0. The van der Waals surface area contributed by atoms with Crippen LogP contribution in [0.2, 0.25) is 5.15 Å². The normalized spacial score (nSPS) is 10.9. The van der Waals surface area contributed by atoms with Crippen molar-refractivity contribution in [3.8, 4) is 11.8 Å². The zero-order valence-corrected chi connectivity index (χ0v) is 18.2. The minimum atomic E-state index is -0.693. The van der Waals surface area contributed by atoms with Crippen LogP contribution in [0.1, 0.15) is 19.0 Å². The maximum Gasteiger partial charge on any atom is 0.331 e. The van der Waals surface area contributed by atoms with Gasteiger partial charge in [0.1, 0.15) is 5.75 Å². The Kier molecular flexibility index (Phi) is 7.65. The van der Waals surface area contributed by atoms with Crippen LogP contribution in [0.15, 0.2) is 41.9 Å². The summed E-state index contributed by atoms with van der Waals surface area (Å²) in [4.78, 5) is 31.0. The molecule has 31 heavy (non-hydrogen) atoms. The molecule has 1 amide bonds. The maximum atomic E-state index is 12.6. The molecular formula is C21H19ClN4O4S. The second-order valence-electron chi connectivity index (χ2n) is 6.16. The number of carbonyl (C=O) groups is 2. The second-order valence-corrected chi connectivity index (χ2v) is 7.40. The molecule has 0 bridgehead atoms. The number of imidazole rings is 1. The number of hydrogen-bond acceptors (Lipinski definition) is 7. The quantitative estimate of drug-likeness (QED) is 0.355. The molecule has 2 aromatic heterocycles. The molecule has 0 saturated carbocycles. The molecule has 0 spiro atoms. The van der Waals surface area contributed by atoms with Crippen molar-refractivity contribution in [2.24, 2.45) is 0 Å². The predicted octanol–water partition coefficient (Wildman–Crippen LogP) is 3.95. The van der Waals surface area contributed by atoms with Gasteiger partial charge in [-0.15, -0.1) is 11.3 Å². The summed E-state index contributed by atoms with van der Waals surface area (Å²) in [6, 6.07) is 8.93. The molecule has 0 N–H and O–H groups in total. The van der Waals surface area contributed by atoms with Crippen molar-refractivity contribution in [2.75, 3.05) is 24.7 Å². The Morgan fingerprint density at radius 2 is 2.13 bits per heavy atom. The first-order chi connectivity index (χ1) is 15.0. The summed E-state index contributed by atoms with van der Waals surface area (Å²) in [5.41, 5.74) is 1.13. The molecule has 0 radical (unpaired) electrons. The van der Waals surface area contributed by atoms with Crippen LogP contribution in [0, 0.1) is 11.3 Å². The third-order valence-electron chi connectivity index (χ3n) is 4.18. The van der Waals surface area contributed by atoms with Crippen LogP contribution >= 0.6 is 22.9 Å². The van der Waals surface area contributed by atoms with E-state index < -0.39 is 18.5 Å². The molecule has 3 rings (SSSR count). The number of aromatic nitrogens is 2. The van der Waals surface area contributed by atoms with Crippen LogP contribution in [0.5, 0.6) is 5.75 Å². The number of nitriles is 1. The highest BCUT2D eigenvalue weighted by Gasteiger charge is 2.17. The van der Waals surface area contributed by atoms with Gasteiger partial charge in [-0.3, -0.25) is 9.20 Å². The lowest BCUT2D eigenvalue weighted by Gasteiger charge is -2.21. The Bertz CT molecular complexity index is 1130. The summed E-state index contributed by atoms with van der Waals surface area (Å²) in [7, 11) is 0. The second kappa shape index (κ2) is 10.6. The summed E-state index contributed by atoms with van der Waals surface area (Å²) >= 11 is 7.50. The van der Waals surface area contributed by atoms with E-state index in [-0.39, 0.29) is 18.1 Å². The van der Waals surface area contributed by atoms with E-state index in [2.05, 4.69) is 4.98 Å². The molecule has 0 fully saturated rings. The first-order valence-corrected chi connectivity index (χ1v) is 10.6. The van der Waals surface area contributed by atoms with Crippen molar-refractivity contribution in [3.63, 3.8) is 0 Å². The van der Waals surface area contributed by atoms with E-state index in [1.54, 1.807) is 34.9 Å². The molecule has 8 nitrogen and oxygen atoms in total. The number of nitrogens with zero attached hydrogens (tertiary/aromatic N) is 4. The molecule has 10 heteroatoms. The Balaban J connectivity index is 1.63. The van der Waals surface area contributed by atoms with Crippen molar-refractivity contribution in [3.05, 3.63) is 52.8 Å². The number of fused-ring (bicyclic) bond motifs is 1. The zero-order chi connectivity index (χ0) is 22.2. The minimum Gasteiger partial charge on any atom is -0.494 e. The Labute approximate surface area is 187 Å². The van der Waals surface area contributed by atoms with E-state index in [0.717, 1.165) is 0 Å². The molecule has 1 aromatic carbocycles. The largest absolute Gasteiger partial charge is 0.494 e. The third-order valence-corrected chi connectivity index (χ3v) is 5.21. The van der Waals surface area contributed by atoms with Crippen molar-refractivity contribution < 1.29 is 19.1 Å². The first kappa shape index (κ1) is 22.3. The Morgan fingerprint density at radius 1 is 1.35 bits per heavy atom. The van der Waals surface area contributed by atoms with Gasteiger partial charge in [-0.25, -0.2) is 9.78 Å². The molecule has 0 aliphatic rings. The number of esters is 1. The summed E-state index contributed by atoms with van der Waals surface area (Å²) in [6.07, 6.45) is 4.61. The molecule has 0 aliphatic carbocycles. The fourth-order valence-electron chi connectivity index (χ4n) is 2.78. The SMILES string of the molecule is CCOc1ccc(N(CCC#N)C(=O)COC(=O)/C=C\c2c(Cl)nc3sccn23)cc1. The van der Waals surface area contributed by atoms with E-state index in [1.807, 2.05) is 18.4 Å². The zero-order valence-electron chi connectivity index (χ0n) is 16.7. The first-order valence-electron chi connectivity index (χ1n) is 9.39. The highest BCUT2D eigenvalue weighted by Crippen LogP contribution is 2.23. The van der Waals surface area contributed by atoms with E-state index >= 15 is 0 Å². The van der Waals surface area contributed by atoms with E-state index in [9.17, 15) is 9.59 Å². The van der Waals surface area contributed by atoms with Gasteiger partial charge in [-0.2, -0.15) is 5.26 Å². The topological polar surface area (TPSA) is 96.9 Å². The van der Waals surface area contributed by atoms with Crippen LogP contribution in [0.3, 0.4) is 0 Å². The molecular weight excluding hydrogens is 440 g/mol. The van der Waals surface area contributed by atoms with Crippen LogP contribution in [0.4, 0.5) is 5.69 Å². The molecule has 2 heterocycles. The number of thiazole rings is 1. The molecule has 160 valence electrons. The van der Waals surface area contributed by atoms with Gasteiger partial charge in [-0.1, -0.05) is 11.6 Å². The van der Waals surface area contributed by atoms with Gasteiger partial charge in [-0.05, 0) is 37.3 Å². The van der Waals surface area contributed by atoms with Gasteiger partial charge in [0, 0.05) is 29.9 Å². The molecule has 0 saturated heterocycles. The highest BCUT2D eigenvalue weighted by atomic mass is 35.5. The van der Waals surface area contributed by atoms with Crippen molar-refractivity contribution >= 4 is 51.5 Å². The van der Waals surface area contributed by atoms with Gasteiger partial charge in [0.05, 0.1) is 24.8 Å². The Morgan fingerprint density at radius 3 is 2.84 bits per heavy atom. The van der Waals surface area contributed by atoms with Crippen molar-refractivity contribution in [1.82, 2.24) is 9.38 Å². The standard InChI is InChI=1S/C21H19ClN4O4S/c1-2-29-16-6-4-15(5-7-16)25(11-3-10-23)18(27)14-30-19(28)9-8-17-20(22)24-21-26(17)12-13-31-21/h4-9,12-13H,2-3,11,14H2,1H3/b9-8-. The van der Waals surface area contributed by atoms with Crippen molar-refractivity contribution in [2.45, 2.75) is 13.3 Å². The number of benzene rings is 1. The lowest BCUT2D eigenvalue weighted by atomic mass is 10.2. The third kappa shape index (κ3) is 5.63. The van der Waals surface area contributed by atoms with E-state index in [1.165, 1.54) is 28.4 Å². The average Bonchev–Trinajstić information content (AvgIpc) is 3.33. The van der Waals surface area contributed by atoms with E-state index in [4.69, 9.17) is 26.3 Å². The van der Waals surface area contributed by atoms with Gasteiger partial charge in [0.15, 0.2) is 16.7 Å². The van der Waals surface area contributed by atoms with Crippen molar-refractivity contribution in [1.29, 1.82) is 5.26 Å². The maximum absolute atomic E-state index is 12.6. The molecule has 0 unspecified atom stereocenters. The lowest BCUT2D eigenvalue weighted by molar-refractivity contribution is -0.142. The number of ether oxygens (including phenoxy) is 2. The van der Waals surface area contributed by atoms with Crippen LogP contribution in [-0.2, 0) is 14.3 Å². The number of rotatable bonds is 9. The molecule has 3 aromatic rings. The number of anilines is 1. The van der Waals surface area contributed by atoms with Gasteiger partial charge in [0.2, 0.25) is 0 Å². The number of hydrogen-bond donors (Lipinski definition) is 0. The predicted molar refractivity (Wildman–Crippen MR) is 118 cm³/mol. The average molecular weight is 459 g/mol. The summed E-state index contributed by atoms with van der Waals surface area (Å²) in [6.45, 7) is 2.12. The number of halogens is 1. The summed E-state index contributed by atoms with van der Waals surface area (Å²) in [5.74, 6) is -0.459.